The van der Waals surface area contributed by atoms with Crippen LogP contribution in [0, 0.1) is 0 Å². The van der Waals surface area contributed by atoms with Gasteiger partial charge in [0, 0.05) is 5.69 Å². The monoisotopic (exact) mass is 374 g/mol. The first-order valence-electron chi connectivity index (χ1n) is 7.87. The Balaban J connectivity index is 1.98. The summed E-state index contributed by atoms with van der Waals surface area (Å²) in [6.07, 6.45) is -4.61. The van der Waals surface area contributed by atoms with Gasteiger partial charge in [-0.3, -0.25) is 14.4 Å². The number of rotatable bonds is 5. The molecular formula is C16H19F3N3O4+. The van der Waals surface area contributed by atoms with Gasteiger partial charge in [0.25, 0.3) is 11.8 Å². The highest BCUT2D eigenvalue weighted by Crippen LogP contribution is 2.29. The van der Waals surface area contributed by atoms with E-state index in [1.54, 1.807) is 0 Å². The third kappa shape index (κ3) is 5.19. The number of nitrogens with one attached hydrogen (secondary N) is 3. The molecule has 0 spiro atoms. The van der Waals surface area contributed by atoms with Gasteiger partial charge >= 0.3 is 12.1 Å². The number of hydrogen-bond acceptors (Lipinski definition) is 4. The fraction of sp³-hybridized carbons (Fsp3) is 0.438. The van der Waals surface area contributed by atoms with Gasteiger partial charge in [0.05, 0.1) is 25.8 Å². The SMILES string of the molecule is COC(=O)C[C@@H]1C(=O)NCC[NH+]1CC(=O)Nc1ccc(C(F)(F)F)cc1. The third-order valence-corrected chi connectivity index (χ3v) is 4.04. The predicted molar refractivity (Wildman–Crippen MR) is 84.2 cm³/mol. The van der Waals surface area contributed by atoms with Crippen molar-refractivity contribution in [3.8, 4) is 0 Å². The summed E-state index contributed by atoms with van der Waals surface area (Å²) in [4.78, 5) is 36.2. The third-order valence-electron chi connectivity index (χ3n) is 4.04. The van der Waals surface area contributed by atoms with Crippen LogP contribution < -0.4 is 15.5 Å². The molecule has 1 aromatic rings. The van der Waals surface area contributed by atoms with Crippen molar-refractivity contribution in [2.45, 2.75) is 18.6 Å². The zero-order chi connectivity index (χ0) is 19.3. The largest absolute Gasteiger partial charge is 0.469 e. The lowest BCUT2D eigenvalue weighted by Crippen LogP contribution is -3.20. The number of hydrogen-bond donors (Lipinski definition) is 3. The summed E-state index contributed by atoms with van der Waals surface area (Å²) in [6.45, 7) is 0.698. The number of ether oxygens (including phenoxy) is 1. The summed E-state index contributed by atoms with van der Waals surface area (Å²) in [5.74, 6) is -1.38. The van der Waals surface area contributed by atoms with Crippen molar-refractivity contribution in [3.63, 3.8) is 0 Å². The molecule has 0 bridgehead atoms. The van der Waals surface area contributed by atoms with Crippen LogP contribution in [-0.4, -0.2) is 50.6 Å². The first-order valence-corrected chi connectivity index (χ1v) is 7.87. The summed E-state index contributed by atoms with van der Waals surface area (Å²) in [5, 5.41) is 5.12. The van der Waals surface area contributed by atoms with E-state index in [9.17, 15) is 27.6 Å². The fourth-order valence-corrected chi connectivity index (χ4v) is 2.68. The standard InChI is InChI=1S/C16H18F3N3O4/c1-26-14(24)8-12-15(25)20-6-7-22(12)9-13(23)21-11-4-2-10(3-5-11)16(17,18)19/h2-5,12H,6-9H2,1H3,(H,20,25)(H,21,23)/p+1/t12-/m1/s1. The van der Waals surface area contributed by atoms with Gasteiger partial charge in [0.15, 0.2) is 12.6 Å². The van der Waals surface area contributed by atoms with Crippen molar-refractivity contribution in [3.05, 3.63) is 29.8 Å². The van der Waals surface area contributed by atoms with Crippen LogP contribution >= 0.6 is 0 Å². The highest BCUT2D eigenvalue weighted by molar-refractivity contribution is 5.92. The van der Waals surface area contributed by atoms with Gasteiger partial charge in [-0.05, 0) is 24.3 Å². The number of methoxy groups -OCH3 is 1. The van der Waals surface area contributed by atoms with E-state index in [0.717, 1.165) is 24.3 Å². The Hall–Kier alpha value is -2.62. The molecule has 1 heterocycles. The first kappa shape index (κ1) is 19.7. The maximum Gasteiger partial charge on any atom is 0.416 e. The molecule has 0 aromatic heterocycles. The minimum absolute atomic E-state index is 0.101. The normalized spacial score (nSPS) is 20.2. The molecule has 2 amide bonds. The maximum absolute atomic E-state index is 12.5. The number of alkyl halides is 3. The molecule has 26 heavy (non-hydrogen) atoms. The highest BCUT2D eigenvalue weighted by atomic mass is 19.4. The molecule has 10 heteroatoms. The number of carbonyl (C=O) groups is 3. The van der Waals surface area contributed by atoms with Gasteiger partial charge in [0.1, 0.15) is 6.42 Å². The predicted octanol–water partition coefficient (Wildman–Crippen LogP) is -0.410. The molecule has 142 valence electrons. The summed E-state index contributed by atoms with van der Waals surface area (Å²) in [7, 11) is 1.21. The average molecular weight is 374 g/mol. The van der Waals surface area contributed by atoms with Gasteiger partial charge < -0.3 is 20.3 Å². The quantitative estimate of drug-likeness (QED) is 0.612. The van der Waals surface area contributed by atoms with Crippen LogP contribution in [0.1, 0.15) is 12.0 Å². The lowest BCUT2D eigenvalue weighted by atomic mass is 10.1. The van der Waals surface area contributed by atoms with Crippen LogP contribution in [0.25, 0.3) is 0 Å². The minimum Gasteiger partial charge on any atom is -0.469 e. The molecule has 7 nitrogen and oxygen atoms in total. The molecule has 0 saturated carbocycles. The van der Waals surface area contributed by atoms with Crippen LogP contribution in [-0.2, 0) is 25.3 Å². The van der Waals surface area contributed by atoms with Gasteiger partial charge in [0.2, 0.25) is 0 Å². The topological polar surface area (TPSA) is 88.9 Å². The Morgan fingerprint density at radius 1 is 1.31 bits per heavy atom. The lowest BCUT2D eigenvalue weighted by molar-refractivity contribution is -0.909. The molecule has 1 aromatic carbocycles. The summed E-state index contributed by atoms with van der Waals surface area (Å²) < 4.78 is 42.2. The van der Waals surface area contributed by atoms with E-state index >= 15 is 0 Å². The van der Waals surface area contributed by atoms with Crippen LogP contribution in [0.5, 0.6) is 0 Å². The Morgan fingerprint density at radius 3 is 2.54 bits per heavy atom. The van der Waals surface area contributed by atoms with Gasteiger partial charge in [-0.15, -0.1) is 0 Å². The first-order chi connectivity index (χ1) is 12.2. The molecule has 0 radical (unpaired) electrons. The Bertz CT molecular complexity index is 676. The minimum atomic E-state index is -4.45. The van der Waals surface area contributed by atoms with Gasteiger partial charge in [-0.2, -0.15) is 13.2 Å². The summed E-state index contributed by atoms with van der Waals surface area (Å²) in [6, 6.07) is 3.30. The van der Waals surface area contributed by atoms with E-state index in [4.69, 9.17) is 0 Å². The van der Waals surface area contributed by atoms with Crippen molar-refractivity contribution in [2.24, 2.45) is 0 Å². The molecule has 1 saturated heterocycles. The van der Waals surface area contributed by atoms with E-state index < -0.39 is 29.7 Å². The second-order valence-electron chi connectivity index (χ2n) is 5.83. The van der Waals surface area contributed by atoms with Crippen LogP contribution in [0.4, 0.5) is 18.9 Å². The van der Waals surface area contributed by atoms with E-state index in [0.29, 0.717) is 18.0 Å². The Kier molecular flexibility index (Phi) is 6.19. The van der Waals surface area contributed by atoms with Gasteiger partial charge in [-0.1, -0.05) is 0 Å². The summed E-state index contributed by atoms with van der Waals surface area (Å²) in [5.41, 5.74) is -0.597. The molecule has 2 atom stereocenters. The molecule has 1 fully saturated rings. The number of carbonyl (C=O) groups excluding carboxylic acids is 3. The second-order valence-corrected chi connectivity index (χ2v) is 5.83. The van der Waals surface area contributed by atoms with Crippen LogP contribution in [0.3, 0.4) is 0 Å². The Labute approximate surface area is 147 Å². The van der Waals surface area contributed by atoms with E-state index in [1.807, 2.05) is 0 Å². The Morgan fingerprint density at radius 2 is 1.96 bits per heavy atom. The molecule has 1 unspecified atom stereocenters. The van der Waals surface area contributed by atoms with Crippen LogP contribution in [0.2, 0.25) is 0 Å². The molecule has 2 rings (SSSR count). The number of halogens is 3. The van der Waals surface area contributed by atoms with Crippen LogP contribution in [0.15, 0.2) is 24.3 Å². The zero-order valence-corrected chi connectivity index (χ0v) is 14.0. The number of piperazine rings is 1. The van der Waals surface area contributed by atoms with E-state index in [1.165, 1.54) is 7.11 Å². The van der Waals surface area contributed by atoms with Crippen molar-refractivity contribution >= 4 is 23.5 Å². The number of benzene rings is 1. The second kappa shape index (κ2) is 8.17. The average Bonchev–Trinajstić information content (AvgIpc) is 2.57. The number of anilines is 1. The molecule has 3 N–H and O–H groups in total. The van der Waals surface area contributed by atoms with Crippen molar-refractivity contribution in [1.82, 2.24) is 5.32 Å². The van der Waals surface area contributed by atoms with Gasteiger partial charge in [-0.25, -0.2) is 0 Å². The molecule has 0 aliphatic carbocycles. The fourth-order valence-electron chi connectivity index (χ4n) is 2.68. The molecule has 1 aliphatic heterocycles. The lowest BCUT2D eigenvalue weighted by Gasteiger charge is -2.30. The molecule has 1 aliphatic rings. The summed E-state index contributed by atoms with van der Waals surface area (Å²) >= 11 is 0. The smallest absolute Gasteiger partial charge is 0.416 e. The number of amides is 2. The highest BCUT2D eigenvalue weighted by Gasteiger charge is 2.37. The number of esters is 1. The van der Waals surface area contributed by atoms with Crippen molar-refractivity contribution in [2.75, 3.05) is 32.1 Å². The number of quaternary nitrogens is 1. The van der Waals surface area contributed by atoms with Crippen molar-refractivity contribution in [1.29, 1.82) is 0 Å². The van der Waals surface area contributed by atoms with Crippen molar-refractivity contribution < 1.29 is 37.2 Å². The van der Waals surface area contributed by atoms with E-state index in [-0.39, 0.29) is 24.6 Å². The molecular weight excluding hydrogens is 355 g/mol. The van der Waals surface area contributed by atoms with E-state index in [2.05, 4.69) is 15.4 Å². The maximum atomic E-state index is 12.5. The zero-order valence-electron chi connectivity index (χ0n) is 14.0.